The Bertz CT molecular complexity index is 44.0. The lowest BCUT2D eigenvalue weighted by Crippen LogP contribution is -1.58. The van der Waals surface area contributed by atoms with Gasteiger partial charge < -0.3 is 0 Å². The van der Waals surface area contributed by atoms with Crippen LogP contribution in [0, 0.1) is 0 Å². The van der Waals surface area contributed by atoms with Gasteiger partial charge >= 0.3 is 0 Å². The predicted molar refractivity (Wildman–Crippen MR) is 36.4 cm³/mol. The molecule has 0 nitrogen and oxygen atoms in total. The maximum Gasteiger partial charge on any atom is -0.0354 e. The molecule has 0 aliphatic heterocycles. The Morgan fingerprint density at radius 3 is 1.57 bits per heavy atom. The van der Waals surface area contributed by atoms with Gasteiger partial charge in [-0.15, -0.1) is 19.7 Å². The molecule has 0 heteroatoms. The average molecular weight is 98.2 g/mol. The van der Waals surface area contributed by atoms with Crippen molar-refractivity contribution in [3.05, 3.63) is 25.3 Å². The van der Waals surface area contributed by atoms with E-state index in [4.69, 9.17) is 0 Å². The third-order valence-corrected chi connectivity index (χ3v) is 0.604. The molecule has 0 bridgehead atoms. The van der Waals surface area contributed by atoms with Crippen LogP contribution in [0.15, 0.2) is 25.3 Å². The molecule has 0 fully saturated rings. The summed E-state index contributed by atoms with van der Waals surface area (Å²) in [6.07, 6.45) is 1.11. The van der Waals surface area contributed by atoms with Gasteiger partial charge in [0.2, 0.25) is 0 Å². The van der Waals surface area contributed by atoms with Crippen molar-refractivity contribution in [2.75, 3.05) is 0 Å². The van der Waals surface area contributed by atoms with E-state index in [0.29, 0.717) is 0 Å². The van der Waals surface area contributed by atoms with Crippen molar-refractivity contribution < 1.29 is 0 Å². The van der Waals surface area contributed by atoms with Crippen molar-refractivity contribution in [1.82, 2.24) is 0 Å². The first-order chi connectivity index (χ1) is 3.27. The summed E-state index contributed by atoms with van der Waals surface area (Å²) in [5, 5.41) is 0. The number of rotatable bonds is 1. The van der Waals surface area contributed by atoms with E-state index >= 15 is 0 Å². The monoisotopic (exact) mass is 98.1 g/mol. The Morgan fingerprint density at radius 1 is 1.43 bits per heavy atom. The molecule has 0 aliphatic rings. The summed E-state index contributed by atoms with van der Waals surface area (Å²) in [4.78, 5) is 0. The highest BCUT2D eigenvalue weighted by Gasteiger charge is 1.67. The molecule has 0 rings (SSSR count). The quantitative estimate of drug-likeness (QED) is 0.442. The second kappa shape index (κ2) is 9.08. The van der Waals surface area contributed by atoms with Crippen LogP contribution in [0.2, 0.25) is 0 Å². The van der Waals surface area contributed by atoms with Crippen LogP contribution in [0.25, 0.3) is 0 Å². The first-order valence-electron chi connectivity index (χ1n) is 2.41. The Hall–Kier alpha value is -0.520. The molecule has 0 radical (unpaired) electrons. The van der Waals surface area contributed by atoms with E-state index < -0.39 is 0 Å². The molecule has 0 saturated carbocycles. The highest BCUT2D eigenvalue weighted by Crippen LogP contribution is 1.88. The topological polar surface area (TPSA) is 0 Å². The first kappa shape index (κ1) is 9.70. The summed E-state index contributed by atoms with van der Waals surface area (Å²) in [5.74, 6) is 0. The van der Waals surface area contributed by atoms with Gasteiger partial charge in [-0.3, -0.25) is 0 Å². The molecule has 7 heavy (non-hydrogen) atoms. The zero-order valence-electron chi connectivity index (χ0n) is 5.33. The first-order valence-corrected chi connectivity index (χ1v) is 2.41. The molecule has 42 valence electrons. The summed E-state index contributed by atoms with van der Waals surface area (Å²) in [7, 11) is 0. The van der Waals surface area contributed by atoms with Gasteiger partial charge in [0.05, 0.1) is 0 Å². The molecular formula is C7H14. The van der Waals surface area contributed by atoms with Crippen LogP contribution in [0.5, 0.6) is 0 Å². The molecule has 0 N–H and O–H groups in total. The summed E-state index contributed by atoms with van der Waals surface area (Å²) in [5.41, 5.74) is 1.25. The number of allylic oxidation sites excluding steroid dienone is 1. The van der Waals surface area contributed by atoms with Crippen LogP contribution in [0.3, 0.4) is 0 Å². The zero-order valence-corrected chi connectivity index (χ0v) is 5.33. The summed E-state index contributed by atoms with van der Waals surface area (Å²) >= 11 is 0. The fraction of sp³-hybridized carbons (Fsp3) is 0.429. The highest BCUT2D eigenvalue weighted by atomic mass is 13.7. The summed E-state index contributed by atoms with van der Waals surface area (Å²) in [6, 6.07) is 0. The van der Waals surface area contributed by atoms with Crippen molar-refractivity contribution in [3.63, 3.8) is 0 Å². The van der Waals surface area contributed by atoms with Crippen molar-refractivity contribution >= 4 is 0 Å². The molecule has 0 aromatic heterocycles. The van der Waals surface area contributed by atoms with Gasteiger partial charge in [-0.25, -0.2) is 0 Å². The van der Waals surface area contributed by atoms with Gasteiger partial charge in [-0.05, 0) is 13.3 Å². The Labute approximate surface area is 46.6 Å². The van der Waals surface area contributed by atoms with E-state index in [1.54, 1.807) is 0 Å². The molecule has 0 aromatic carbocycles. The standard InChI is InChI=1S/C5H10.C2H4/c1-4-5(2)3;1-2/h2,4H2,1,3H3;1-2H2. The third kappa shape index (κ3) is 30.3. The number of hydrogen-bond acceptors (Lipinski definition) is 0. The largest absolute Gasteiger partial charge is 0.106 e. The third-order valence-electron chi connectivity index (χ3n) is 0.604. The van der Waals surface area contributed by atoms with Crippen molar-refractivity contribution in [1.29, 1.82) is 0 Å². The van der Waals surface area contributed by atoms with Crippen molar-refractivity contribution in [2.45, 2.75) is 20.3 Å². The lowest BCUT2D eigenvalue weighted by molar-refractivity contribution is 1.11. The van der Waals surface area contributed by atoms with Crippen LogP contribution < -0.4 is 0 Å². The van der Waals surface area contributed by atoms with Gasteiger partial charge in [0.25, 0.3) is 0 Å². The van der Waals surface area contributed by atoms with E-state index in [1.165, 1.54) is 5.57 Å². The second-order valence-electron chi connectivity index (χ2n) is 1.31. The molecule has 0 amide bonds. The molecule has 0 heterocycles. The van der Waals surface area contributed by atoms with Crippen molar-refractivity contribution in [2.24, 2.45) is 0 Å². The molecular weight excluding hydrogens is 84.1 g/mol. The van der Waals surface area contributed by atoms with Gasteiger partial charge in [0.1, 0.15) is 0 Å². The summed E-state index contributed by atoms with van der Waals surface area (Å²) in [6.45, 7) is 13.8. The Kier molecular flexibility index (Phi) is 12.6. The number of hydrogen-bond donors (Lipinski definition) is 0. The van der Waals surface area contributed by atoms with Crippen LogP contribution in [-0.4, -0.2) is 0 Å². The molecule has 0 atom stereocenters. The lowest BCUT2D eigenvalue weighted by atomic mass is 10.3. The normalized spacial score (nSPS) is 6.00. The van der Waals surface area contributed by atoms with E-state index in [9.17, 15) is 0 Å². The highest BCUT2D eigenvalue weighted by molar-refractivity contribution is 4.84. The van der Waals surface area contributed by atoms with Crippen LogP contribution in [-0.2, 0) is 0 Å². The molecule has 0 aromatic rings. The summed E-state index contributed by atoms with van der Waals surface area (Å²) < 4.78 is 0. The minimum absolute atomic E-state index is 1.11. The van der Waals surface area contributed by atoms with Gasteiger partial charge in [-0.2, -0.15) is 0 Å². The smallest absolute Gasteiger partial charge is 0.0354 e. The van der Waals surface area contributed by atoms with Gasteiger partial charge in [-0.1, -0.05) is 12.5 Å². The van der Waals surface area contributed by atoms with E-state index in [1.807, 2.05) is 6.92 Å². The lowest BCUT2D eigenvalue weighted by Gasteiger charge is -1.79. The van der Waals surface area contributed by atoms with Crippen LogP contribution >= 0.6 is 0 Å². The molecule has 0 saturated heterocycles. The Balaban J connectivity index is 0. The van der Waals surface area contributed by atoms with E-state index in [0.717, 1.165) is 6.42 Å². The minimum atomic E-state index is 1.11. The van der Waals surface area contributed by atoms with Gasteiger partial charge in [0, 0.05) is 0 Å². The molecule has 0 spiro atoms. The molecule has 0 aliphatic carbocycles. The maximum absolute atomic E-state index is 3.67. The van der Waals surface area contributed by atoms with Crippen LogP contribution in [0.1, 0.15) is 20.3 Å². The fourth-order valence-electron chi connectivity index (χ4n) is 0. The Morgan fingerprint density at radius 2 is 1.57 bits per heavy atom. The minimum Gasteiger partial charge on any atom is -0.106 e. The predicted octanol–water partition coefficient (Wildman–Crippen LogP) is 2.77. The molecule has 0 unspecified atom stereocenters. The second-order valence-corrected chi connectivity index (χ2v) is 1.31. The zero-order chi connectivity index (χ0) is 6.28. The average Bonchev–Trinajstić information content (AvgIpc) is 1.73. The SMILES string of the molecule is C=C.C=C(C)CC. The maximum atomic E-state index is 3.67. The fourth-order valence-corrected chi connectivity index (χ4v) is 0. The van der Waals surface area contributed by atoms with E-state index in [2.05, 4.69) is 26.7 Å². The van der Waals surface area contributed by atoms with Crippen molar-refractivity contribution in [3.8, 4) is 0 Å². The van der Waals surface area contributed by atoms with Crippen LogP contribution in [0.4, 0.5) is 0 Å². The van der Waals surface area contributed by atoms with E-state index in [-0.39, 0.29) is 0 Å². The van der Waals surface area contributed by atoms with Gasteiger partial charge in [0.15, 0.2) is 0 Å².